The van der Waals surface area contributed by atoms with Gasteiger partial charge in [0, 0.05) is 19.5 Å². The van der Waals surface area contributed by atoms with Crippen molar-refractivity contribution in [1.29, 1.82) is 0 Å². The van der Waals surface area contributed by atoms with Gasteiger partial charge in [-0.1, -0.05) is 18.2 Å². The fourth-order valence-corrected chi connectivity index (χ4v) is 4.62. The van der Waals surface area contributed by atoms with Gasteiger partial charge in [-0.3, -0.25) is 14.5 Å². The summed E-state index contributed by atoms with van der Waals surface area (Å²) in [6.07, 6.45) is 0. The summed E-state index contributed by atoms with van der Waals surface area (Å²) in [5.74, 6) is -0.433. The van der Waals surface area contributed by atoms with Crippen molar-refractivity contribution in [3.05, 3.63) is 65.4 Å². The molecule has 0 bridgehead atoms. The highest BCUT2D eigenvalue weighted by Crippen LogP contribution is 2.31. The Labute approximate surface area is 162 Å². The third-order valence-corrected chi connectivity index (χ3v) is 7.06. The number of imide groups is 1. The van der Waals surface area contributed by atoms with E-state index in [-0.39, 0.29) is 16.0 Å². The monoisotopic (exact) mass is 398 g/mol. The molecule has 28 heavy (non-hydrogen) atoms. The quantitative estimate of drug-likeness (QED) is 0.631. The van der Waals surface area contributed by atoms with Gasteiger partial charge in [0.25, 0.3) is 11.8 Å². The molecule has 7 nitrogen and oxygen atoms in total. The van der Waals surface area contributed by atoms with Crippen LogP contribution in [0.15, 0.2) is 57.8 Å². The van der Waals surface area contributed by atoms with Gasteiger partial charge in [-0.15, -0.1) is 0 Å². The van der Waals surface area contributed by atoms with Crippen molar-refractivity contribution in [2.45, 2.75) is 17.9 Å². The van der Waals surface area contributed by atoms with Gasteiger partial charge in [-0.05, 0) is 37.3 Å². The highest BCUT2D eigenvalue weighted by Gasteiger charge is 2.35. The molecule has 0 saturated heterocycles. The van der Waals surface area contributed by atoms with Crippen molar-refractivity contribution in [1.82, 2.24) is 9.21 Å². The first kappa shape index (κ1) is 18.4. The number of furan rings is 1. The summed E-state index contributed by atoms with van der Waals surface area (Å²) in [7, 11) is -1.08. The number of hydrogen-bond acceptors (Lipinski definition) is 5. The Hall–Kier alpha value is -2.97. The number of para-hydroxylation sites is 1. The second-order valence-corrected chi connectivity index (χ2v) is 8.76. The normalized spacial score (nSPS) is 15.5. The minimum absolute atomic E-state index is 0.0480. The zero-order chi connectivity index (χ0) is 20.2. The van der Waals surface area contributed by atoms with Gasteiger partial charge < -0.3 is 4.42 Å². The molecule has 0 spiro atoms. The minimum atomic E-state index is -3.91. The summed E-state index contributed by atoms with van der Waals surface area (Å²) < 4.78 is 33.2. The number of fused-ring (bicyclic) bond motifs is 2. The first-order valence-corrected chi connectivity index (χ1v) is 10.1. The Morgan fingerprint density at radius 2 is 1.68 bits per heavy atom. The second kappa shape index (κ2) is 6.29. The van der Waals surface area contributed by atoms with Crippen LogP contribution < -0.4 is 0 Å². The largest absolute Gasteiger partial charge is 0.459 e. The summed E-state index contributed by atoms with van der Waals surface area (Å²) in [6, 6.07) is 12.7. The molecule has 144 valence electrons. The molecule has 1 aliphatic rings. The van der Waals surface area contributed by atoms with E-state index >= 15 is 0 Å². The molecule has 2 aromatic carbocycles. The first-order chi connectivity index (χ1) is 13.2. The molecular formula is C20H18N2O5S. The van der Waals surface area contributed by atoms with Crippen LogP contribution in [0.3, 0.4) is 0 Å². The van der Waals surface area contributed by atoms with Crippen LogP contribution in [0.2, 0.25) is 0 Å². The number of rotatable bonds is 4. The molecule has 1 atom stereocenters. The van der Waals surface area contributed by atoms with E-state index in [1.165, 1.54) is 36.6 Å². The number of sulfonamides is 1. The van der Waals surface area contributed by atoms with Crippen molar-refractivity contribution in [3.8, 4) is 0 Å². The molecule has 0 fully saturated rings. The SMILES string of the molecule is CC(c1cc2ccccc2o1)N(C)S(=O)(=O)c1ccc2c(c1)C(=O)N(C)C2=O. The predicted molar refractivity (Wildman–Crippen MR) is 102 cm³/mol. The summed E-state index contributed by atoms with van der Waals surface area (Å²) in [6.45, 7) is 1.73. The lowest BCUT2D eigenvalue weighted by Crippen LogP contribution is -2.29. The van der Waals surface area contributed by atoms with Gasteiger partial charge in [-0.2, -0.15) is 4.31 Å². The topological polar surface area (TPSA) is 87.9 Å². The molecule has 2 amide bonds. The van der Waals surface area contributed by atoms with Gasteiger partial charge >= 0.3 is 0 Å². The van der Waals surface area contributed by atoms with E-state index in [0.29, 0.717) is 11.3 Å². The van der Waals surface area contributed by atoms with E-state index in [9.17, 15) is 18.0 Å². The number of amides is 2. The fourth-order valence-electron chi connectivity index (χ4n) is 3.26. The second-order valence-electron chi connectivity index (χ2n) is 6.76. The third kappa shape index (κ3) is 2.64. The summed E-state index contributed by atoms with van der Waals surface area (Å²) in [5.41, 5.74) is 0.984. The maximum atomic E-state index is 13.1. The maximum Gasteiger partial charge on any atom is 0.261 e. The lowest BCUT2D eigenvalue weighted by molar-refractivity contribution is 0.0693. The van der Waals surface area contributed by atoms with Crippen molar-refractivity contribution in [2.24, 2.45) is 0 Å². The number of carbonyl (C=O) groups excluding carboxylic acids is 2. The van der Waals surface area contributed by atoms with Gasteiger partial charge in [0.1, 0.15) is 11.3 Å². The van der Waals surface area contributed by atoms with Crippen LogP contribution in [-0.4, -0.2) is 43.5 Å². The molecule has 4 rings (SSSR count). The summed E-state index contributed by atoms with van der Waals surface area (Å²) >= 11 is 0. The lowest BCUT2D eigenvalue weighted by atomic mass is 10.1. The van der Waals surface area contributed by atoms with Crippen molar-refractivity contribution in [3.63, 3.8) is 0 Å². The van der Waals surface area contributed by atoms with Crippen molar-refractivity contribution < 1.29 is 22.4 Å². The average molecular weight is 398 g/mol. The Morgan fingerprint density at radius 3 is 2.39 bits per heavy atom. The Morgan fingerprint density at radius 1 is 1.00 bits per heavy atom. The van der Waals surface area contributed by atoms with E-state index in [1.54, 1.807) is 6.92 Å². The molecule has 1 unspecified atom stereocenters. The third-order valence-electron chi connectivity index (χ3n) is 5.14. The van der Waals surface area contributed by atoms with Crippen LogP contribution in [0.1, 0.15) is 39.4 Å². The van der Waals surface area contributed by atoms with Crippen molar-refractivity contribution in [2.75, 3.05) is 14.1 Å². The molecule has 3 aromatic rings. The minimum Gasteiger partial charge on any atom is -0.459 e. The van der Waals surface area contributed by atoms with Crippen LogP contribution >= 0.6 is 0 Å². The number of carbonyl (C=O) groups is 2. The van der Waals surface area contributed by atoms with E-state index in [1.807, 2.05) is 30.3 Å². The van der Waals surface area contributed by atoms with Gasteiger partial charge in [0.15, 0.2) is 0 Å². The highest BCUT2D eigenvalue weighted by molar-refractivity contribution is 7.89. The van der Waals surface area contributed by atoms with E-state index in [2.05, 4.69) is 0 Å². The molecule has 0 aliphatic carbocycles. The standard InChI is InChI=1S/C20H18N2O5S/c1-12(18-10-13-6-4-5-7-17(13)27-18)22(3)28(25,26)14-8-9-15-16(11-14)20(24)21(2)19(15)23/h4-12H,1-3H3. The average Bonchev–Trinajstić information content (AvgIpc) is 3.22. The molecule has 0 saturated carbocycles. The van der Waals surface area contributed by atoms with E-state index in [4.69, 9.17) is 4.42 Å². The van der Waals surface area contributed by atoms with Crippen LogP contribution in [0, 0.1) is 0 Å². The Kier molecular flexibility index (Phi) is 4.13. The zero-order valence-electron chi connectivity index (χ0n) is 15.5. The molecule has 1 aliphatic heterocycles. The highest BCUT2D eigenvalue weighted by atomic mass is 32.2. The van der Waals surface area contributed by atoms with Gasteiger partial charge in [0.2, 0.25) is 10.0 Å². The number of nitrogens with zero attached hydrogens (tertiary/aromatic N) is 2. The number of benzene rings is 2. The number of hydrogen-bond donors (Lipinski definition) is 0. The molecule has 2 heterocycles. The first-order valence-electron chi connectivity index (χ1n) is 8.65. The van der Waals surface area contributed by atoms with Crippen LogP contribution in [0.25, 0.3) is 11.0 Å². The maximum absolute atomic E-state index is 13.1. The van der Waals surface area contributed by atoms with Crippen LogP contribution in [-0.2, 0) is 10.0 Å². The molecule has 8 heteroatoms. The summed E-state index contributed by atoms with van der Waals surface area (Å²) in [5, 5.41) is 0.889. The molecule has 0 radical (unpaired) electrons. The fraction of sp³-hybridized carbons (Fsp3) is 0.200. The predicted octanol–water partition coefficient (Wildman–Crippen LogP) is 3.04. The molecular weight excluding hydrogens is 380 g/mol. The Balaban J connectivity index is 1.70. The van der Waals surface area contributed by atoms with Gasteiger partial charge in [-0.25, -0.2) is 8.42 Å². The van der Waals surface area contributed by atoms with Crippen LogP contribution in [0.5, 0.6) is 0 Å². The van der Waals surface area contributed by atoms with E-state index < -0.39 is 27.9 Å². The van der Waals surface area contributed by atoms with Crippen molar-refractivity contribution >= 4 is 32.8 Å². The summed E-state index contributed by atoms with van der Waals surface area (Å²) in [4.78, 5) is 25.1. The molecule has 1 aromatic heterocycles. The Bertz CT molecular complexity index is 1200. The smallest absolute Gasteiger partial charge is 0.261 e. The zero-order valence-corrected chi connectivity index (χ0v) is 16.4. The van der Waals surface area contributed by atoms with Crippen LogP contribution in [0.4, 0.5) is 0 Å². The van der Waals surface area contributed by atoms with E-state index in [0.717, 1.165) is 10.3 Å². The molecule has 0 N–H and O–H groups in total. The van der Waals surface area contributed by atoms with Gasteiger partial charge in [0.05, 0.1) is 22.1 Å². The lowest BCUT2D eigenvalue weighted by Gasteiger charge is -2.23.